The number of imidazole rings is 1. The molecular formula is C12H18N2O2. The first-order valence-corrected chi connectivity index (χ1v) is 5.33. The van der Waals surface area contributed by atoms with Crippen molar-refractivity contribution < 1.29 is 15.0 Å². The maximum absolute atomic E-state index is 11.7. The second kappa shape index (κ2) is 4.28. The van der Waals surface area contributed by atoms with Gasteiger partial charge in [0, 0.05) is 28.9 Å². The van der Waals surface area contributed by atoms with Crippen molar-refractivity contribution in [2.75, 3.05) is 6.61 Å². The number of rotatable bonds is 3. The van der Waals surface area contributed by atoms with Gasteiger partial charge in [-0.25, -0.2) is 4.98 Å². The van der Waals surface area contributed by atoms with Crippen molar-refractivity contribution in [2.24, 2.45) is 18.9 Å². The summed E-state index contributed by atoms with van der Waals surface area (Å²) in [5, 5.41) is 0. The van der Waals surface area contributed by atoms with Crippen molar-refractivity contribution in [2.45, 2.75) is 26.6 Å². The topological polar surface area (TPSA) is 44.1 Å². The third kappa shape index (κ3) is 1.84. The summed E-state index contributed by atoms with van der Waals surface area (Å²) in [5.41, 5.74) is 0.0155. The van der Waals surface area contributed by atoms with Crippen LogP contribution >= 0.6 is 0 Å². The van der Waals surface area contributed by atoms with E-state index in [1.165, 1.54) is 4.57 Å². The number of hydrogen-bond donors (Lipinski definition) is 0. The van der Waals surface area contributed by atoms with Crippen LogP contribution in [0.5, 0.6) is 0 Å². The zero-order valence-corrected chi connectivity index (χ0v) is 9.70. The first kappa shape index (κ1) is 7.09. The normalized spacial score (nSPS) is 33.9. The predicted molar refractivity (Wildman–Crippen MR) is 59.9 cm³/mol. The van der Waals surface area contributed by atoms with E-state index in [1.54, 1.807) is 20.9 Å². The highest BCUT2D eigenvalue weighted by Crippen LogP contribution is 2.28. The monoisotopic (exact) mass is 226 g/mol. The summed E-state index contributed by atoms with van der Waals surface area (Å²) in [6.45, 7) is 3.09. The molecule has 1 aliphatic heterocycles. The smallest absolute Gasteiger partial charge is 0.309 e. The Balaban J connectivity index is 2.57. The molecule has 0 saturated carbocycles. The Morgan fingerprint density at radius 3 is 3.19 bits per heavy atom. The second-order valence-corrected chi connectivity index (χ2v) is 3.90. The minimum atomic E-state index is -2.20. The lowest BCUT2D eigenvalue weighted by Gasteiger charge is -2.13. The Bertz CT molecular complexity index is 558. The van der Waals surface area contributed by atoms with Crippen molar-refractivity contribution in [1.29, 1.82) is 0 Å². The fourth-order valence-corrected chi connectivity index (χ4v) is 1.74. The highest BCUT2D eigenvalue weighted by Gasteiger charge is 2.35. The van der Waals surface area contributed by atoms with Gasteiger partial charge in [0.25, 0.3) is 0 Å². The molecule has 16 heavy (non-hydrogen) atoms. The van der Waals surface area contributed by atoms with Gasteiger partial charge in [0.15, 0.2) is 0 Å². The minimum absolute atomic E-state index is 0.0155. The van der Waals surface area contributed by atoms with Crippen molar-refractivity contribution in [1.82, 2.24) is 9.55 Å². The summed E-state index contributed by atoms with van der Waals surface area (Å²) >= 11 is 0. The Morgan fingerprint density at radius 1 is 1.88 bits per heavy atom. The Hall–Kier alpha value is -1.32. The molecule has 4 nitrogen and oxygen atoms in total. The molecule has 1 aliphatic rings. The number of hydrogen-bond acceptors (Lipinski definition) is 3. The zero-order valence-electron chi connectivity index (χ0n) is 13.7. The van der Waals surface area contributed by atoms with Gasteiger partial charge >= 0.3 is 5.97 Å². The van der Waals surface area contributed by atoms with Crippen LogP contribution in [0.1, 0.15) is 30.3 Å². The van der Waals surface area contributed by atoms with Crippen molar-refractivity contribution in [3.05, 3.63) is 17.7 Å². The largest absolute Gasteiger partial charge is 0.465 e. The number of ether oxygens (including phenoxy) is 1. The lowest BCUT2D eigenvalue weighted by molar-refractivity contribution is -0.141. The number of carbonyl (C=O) groups excluding carboxylic acids is 1. The highest BCUT2D eigenvalue weighted by molar-refractivity contribution is 5.74. The summed E-state index contributed by atoms with van der Waals surface area (Å²) in [4.78, 5) is 15.6. The van der Waals surface area contributed by atoms with Gasteiger partial charge in [-0.05, 0) is 19.7 Å². The van der Waals surface area contributed by atoms with Gasteiger partial charge in [-0.3, -0.25) is 4.79 Å². The summed E-state index contributed by atoms with van der Waals surface area (Å²) in [6, 6.07) is 0. The van der Waals surface area contributed by atoms with Crippen LogP contribution in [0, 0.1) is 18.7 Å². The van der Waals surface area contributed by atoms with E-state index >= 15 is 0 Å². The molecule has 0 aromatic carbocycles. The predicted octanol–water partition coefficient (Wildman–Crippen LogP) is 1.47. The molecule has 0 unspecified atom stereocenters. The van der Waals surface area contributed by atoms with Crippen LogP contribution in [0.4, 0.5) is 0 Å². The van der Waals surface area contributed by atoms with Gasteiger partial charge < -0.3 is 9.30 Å². The molecule has 0 bridgehead atoms. The van der Waals surface area contributed by atoms with Crippen molar-refractivity contribution >= 4 is 5.97 Å². The van der Waals surface area contributed by atoms with E-state index < -0.39 is 24.2 Å². The van der Waals surface area contributed by atoms with E-state index in [2.05, 4.69) is 4.98 Å². The zero-order chi connectivity index (χ0) is 15.3. The summed E-state index contributed by atoms with van der Waals surface area (Å²) in [6.07, 6.45) is -2.07. The fourth-order valence-electron chi connectivity index (χ4n) is 1.74. The number of carbonyl (C=O) groups is 1. The fraction of sp³-hybridized carbons (Fsp3) is 0.667. The standard InChI is InChI=1S/C12H18N2O2/c1-4-11-9(7-16-12(11)15)5-10-6-13-8(2)14(10)3/h6,9,11H,4-5,7H2,1-3H3/t9-,11-/m0/s1/i5D2,6D,9D. The van der Waals surface area contributed by atoms with Crippen LogP contribution < -0.4 is 0 Å². The molecule has 0 N–H and O–H groups in total. The van der Waals surface area contributed by atoms with Gasteiger partial charge in [0.2, 0.25) is 0 Å². The number of esters is 1. The molecule has 1 saturated heterocycles. The molecule has 0 aliphatic carbocycles. The molecule has 4 heteroatoms. The molecule has 0 spiro atoms. The molecule has 0 amide bonds. The summed E-state index contributed by atoms with van der Waals surface area (Å²) < 4.78 is 39.4. The minimum Gasteiger partial charge on any atom is -0.465 e. The van der Waals surface area contributed by atoms with E-state index in [0.29, 0.717) is 12.2 Å². The van der Waals surface area contributed by atoms with Gasteiger partial charge in [-0.2, -0.15) is 0 Å². The van der Waals surface area contributed by atoms with E-state index in [4.69, 9.17) is 10.2 Å². The van der Waals surface area contributed by atoms with E-state index in [0.717, 1.165) is 0 Å². The van der Waals surface area contributed by atoms with Crippen LogP contribution in [0.2, 0.25) is 0 Å². The molecule has 0 radical (unpaired) electrons. The van der Waals surface area contributed by atoms with Crippen LogP contribution in [0.15, 0.2) is 6.17 Å². The Kier molecular flexibility index (Phi) is 1.90. The lowest BCUT2D eigenvalue weighted by Crippen LogP contribution is -2.18. The maximum Gasteiger partial charge on any atom is 0.309 e. The molecule has 88 valence electrons. The highest BCUT2D eigenvalue weighted by atomic mass is 16.5. The van der Waals surface area contributed by atoms with E-state index in [9.17, 15) is 4.79 Å². The number of aryl methyl sites for hydroxylation is 1. The number of aromatic nitrogens is 2. The summed E-state index contributed by atoms with van der Waals surface area (Å²) in [5.74, 6) is -2.63. The Labute approximate surface area is 101 Å². The Morgan fingerprint density at radius 2 is 2.62 bits per heavy atom. The van der Waals surface area contributed by atoms with Gasteiger partial charge in [0.1, 0.15) is 5.82 Å². The maximum atomic E-state index is 11.7. The first-order valence-electron chi connectivity index (χ1n) is 7.33. The van der Waals surface area contributed by atoms with Gasteiger partial charge in [0.05, 0.1) is 13.9 Å². The molecule has 1 aromatic rings. The SMILES string of the molecule is [2H]c1nc(C)n(C)c1C([2H])([2H])[C@@]1([2H])COC(=O)[C@H]1CC. The average molecular weight is 226 g/mol. The van der Waals surface area contributed by atoms with Gasteiger partial charge in [-0.15, -0.1) is 0 Å². The third-order valence-corrected chi connectivity index (χ3v) is 2.91. The van der Waals surface area contributed by atoms with Crippen molar-refractivity contribution in [3.63, 3.8) is 0 Å². The molecule has 2 heterocycles. The van der Waals surface area contributed by atoms with Crippen LogP contribution in [0.3, 0.4) is 0 Å². The molecule has 1 fully saturated rings. The molecule has 2 atom stereocenters. The number of nitrogens with zero attached hydrogens (tertiary/aromatic N) is 2. The molecule has 1 aromatic heterocycles. The summed E-state index contributed by atoms with van der Waals surface area (Å²) in [7, 11) is 1.61. The van der Waals surface area contributed by atoms with E-state index in [-0.39, 0.29) is 18.5 Å². The third-order valence-electron chi connectivity index (χ3n) is 2.91. The quantitative estimate of drug-likeness (QED) is 0.733. The number of cyclic esters (lactones) is 1. The second-order valence-electron chi connectivity index (χ2n) is 3.90. The molecular weight excluding hydrogens is 204 g/mol. The van der Waals surface area contributed by atoms with Crippen LogP contribution in [0.25, 0.3) is 0 Å². The first-order chi connectivity index (χ1) is 9.16. The lowest BCUT2D eigenvalue weighted by atomic mass is 9.89. The van der Waals surface area contributed by atoms with Crippen molar-refractivity contribution in [3.8, 4) is 0 Å². The van der Waals surface area contributed by atoms with Gasteiger partial charge in [-0.1, -0.05) is 6.92 Å². The van der Waals surface area contributed by atoms with Crippen LogP contribution in [-0.4, -0.2) is 22.1 Å². The molecule has 2 rings (SSSR count). The van der Waals surface area contributed by atoms with E-state index in [1.807, 2.05) is 0 Å². The van der Waals surface area contributed by atoms with Crippen LogP contribution in [-0.2, 0) is 23.0 Å². The average Bonchev–Trinajstić information content (AvgIpc) is 2.78.